The molecule has 0 aliphatic rings. The molecular weight excluding hydrogens is 372 g/mol. The molecule has 2 aromatic rings. The van der Waals surface area contributed by atoms with E-state index in [2.05, 4.69) is 5.32 Å². The van der Waals surface area contributed by atoms with Crippen LogP contribution in [0.4, 0.5) is 5.69 Å². The lowest BCUT2D eigenvalue weighted by Crippen LogP contribution is -2.32. The van der Waals surface area contributed by atoms with Crippen LogP contribution >= 0.6 is 0 Å². The second-order valence-corrected chi connectivity index (χ2v) is 8.08. The fourth-order valence-electron chi connectivity index (χ4n) is 2.70. The highest BCUT2D eigenvalue weighted by atomic mass is 32.2. The average Bonchev–Trinajstić information content (AvgIpc) is 2.70. The van der Waals surface area contributed by atoms with Crippen molar-refractivity contribution in [3.05, 3.63) is 60.2 Å². The number of hydrogen-bond acceptors (Lipinski definition) is 3. The highest BCUT2D eigenvalue weighted by Crippen LogP contribution is 2.19. The lowest BCUT2D eigenvalue weighted by Gasteiger charge is -2.21. The van der Waals surface area contributed by atoms with Gasteiger partial charge in [0, 0.05) is 18.8 Å². The predicted octanol–water partition coefficient (Wildman–Crippen LogP) is 4.70. The van der Waals surface area contributed by atoms with Crippen molar-refractivity contribution in [1.29, 1.82) is 0 Å². The van der Waals surface area contributed by atoms with Crippen LogP contribution in [0.1, 0.15) is 46.1 Å². The maximum Gasteiger partial charge on any atom is 0.243 e. The van der Waals surface area contributed by atoms with E-state index in [-0.39, 0.29) is 17.2 Å². The number of nitrogens with zero attached hydrogens (tertiary/aromatic N) is 1. The van der Waals surface area contributed by atoms with Crippen molar-refractivity contribution in [3.63, 3.8) is 0 Å². The molecule has 0 saturated carbocycles. The van der Waals surface area contributed by atoms with Gasteiger partial charge in [-0.25, -0.2) is 8.42 Å². The number of rotatable bonds is 9. The van der Waals surface area contributed by atoms with Crippen LogP contribution in [-0.4, -0.2) is 31.7 Å². The summed E-state index contributed by atoms with van der Waals surface area (Å²) in [6.45, 7) is 8.94. The maximum absolute atomic E-state index is 12.7. The Hall–Kier alpha value is -2.18. The molecule has 1 N–H and O–H groups in total. The standard InChI is InChI=1S/C20H26N2O3S.C2H6/c1-3-14-22(15-4-2)26(24,25)19-12-10-18(11-13-19)21-20(23)16-17-8-6-5-7-9-17;1-2/h5-13H,3-4,14-16H2,1-2H3,(H,21,23);1-2H3. The average molecular weight is 405 g/mol. The Balaban J connectivity index is 0.00000190. The van der Waals surface area contributed by atoms with Crippen LogP contribution in [-0.2, 0) is 21.2 Å². The molecule has 0 fully saturated rings. The molecule has 6 heteroatoms. The Kier molecular flexibility index (Phi) is 10.5. The molecule has 0 unspecified atom stereocenters. The molecule has 0 spiro atoms. The zero-order valence-corrected chi connectivity index (χ0v) is 18.1. The molecule has 2 rings (SSSR count). The lowest BCUT2D eigenvalue weighted by molar-refractivity contribution is -0.115. The molecule has 0 aromatic heterocycles. The molecule has 28 heavy (non-hydrogen) atoms. The Labute approximate surface area is 169 Å². The summed E-state index contributed by atoms with van der Waals surface area (Å²) in [5, 5.41) is 2.80. The minimum atomic E-state index is -3.50. The molecule has 154 valence electrons. The maximum atomic E-state index is 12.7. The van der Waals surface area contributed by atoms with Gasteiger partial charge in [0.05, 0.1) is 11.3 Å². The lowest BCUT2D eigenvalue weighted by atomic mass is 10.1. The first-order valence-corrected chi connectivity index (χ1v) is 11.4. The summed E-state index contributed by atoms with van der Waals surface area (Å²) in [4.78, 5) is 12.4. The number of hydrogen-bond donors (Lipinski definition) is 1. The summed E-state index contributed by atoms with van der Waals surface area (Å²) in [6, 6.07) is 15.8. The van der Waals surface area contributed by atoms with Gasteiger partial charge in [-0.1, -0.05) is 58.0 Å². The number of nitrogens with one attached hydrogen (secondary N) is 1. The van der Waals surface area contributed by atoms with Crippen molar-refractivity contribution in [2.24, 2.45) is 0 Å². The molecule has 2 aromatic carbocycles. The topological polar surface area (TPSA) is 66.5 Å². The van der Waals surface area contributed by atoms with Crippen molar-refractivity contribution in [3.8, 4) is 0 Å². The van der Waals surface area contributed by atoms with Gasteiger partial charge < -0.3 is 5.32 Å². The predicted molar refractivity (Wildman–Crippen MR) is 116 cm³/mol. The quantitative estimate of drug-likeness (QED) is 0.658. The first-order valence-electron chi connectivity index (χ1n) is 9.91. The van der Waals surface area contributed by atoms with E-state index in [0.29, 0.717) is 18.8 Å². The minimum absolute atomic E-state index is 0.134. The van der Waals surface area contributed by atoms with Crippen LogP contribution in [0.5, 0.6) is 0 Å². The van der Waals surface area contributed by atoms with E-state index < -0.39 is 10.0 Å². The van der Waals surface area contributed by atoms with Gasteiger partial charge in [0.25, 0.3) is 0 Å². The molecule has 1 amide bonds. The van der Waals surface area contributed by atoms with Crippen LogP contribution in [0.2, 0.25) is 0 Å². The number of anilines is 1. The van der Waals surface area contributed by atoms with E-state index in [0.717, 1.165) is 18.4 Å². The van der Waals surface area contributed by atoms with Gasteiger partial charge in [-0.3, -0.25) is 4.79 Å². The van der Waals surface area contributed by atoms with Gasteiger partial charge >= 0.3 is 0 Å². The third-order valence-electron chi connectivity index (χ3n) is 3.93. The smallest absolute Gasteiger partial charge is 0.243 e. The van der Waals surface area contributed by atoms with Crippen LogP contribution in [0.25, 0.3) is 0 Å². The van der Waals surface area contributed by atoms with Crippen molar-refractivity contribution in [1.82, 2.24) is 4.31 Å². The number of carbonyl (C=O) groups is 1. The molecule has 0 bridgehead atoms. The summed E-state index contributed by atoms with van der Waals surface area (Å²) >= 11 is 0. The second kappa shape index (κ2) is 12.3. The SMILES string of the molecule is CC.CCCN(CCC)S(=O)(=O)c1ccc(NC(=O)Cc2ccccc2)cc1. The normalized spacial score (nSPS) is 10.9. The number of carbonyl (C=O) groups excluding carboxylic acids is 1. The van der Waals surface area contributed by atoms with Gasteiger partial charge in [0.2, 0.25) is 15.9 Å². The zero-order valence-electron chi connectivity index (χ0n) is 17.3. The fourth-order valence-corrected chi connectivity index (χ4v) is 4.32. The summed E-state index contributed by atoms with van der Waals surface area (Å²) in [5.74, 6) is -0.134. The van der Waals surface area contributed by atoms with E-state index in [9.17, 15) is 13.2 Å². The molecular formula is C22H32N2O3S. The van der Waals surface area contributed by atoms with Gasteiger partial charge in [-0.05, 0) is 42.7 Å². The highest BCUT2D eigenvalue weighted by Gasteiger charge is 2.22. The summed E-state index contributed by atoms with van der Waals surface area (Å²) < 4.78 is 27.0. The van der Waals surface area contributed by atoms with Gasteiger partial charge in [0.15, 0.2) is 0 Å². The molecule has 0 heterocycles. The largest absolute Gasteiger partial charge is 0.326 e. The van der Waals surface area contributed by atoms with E-state index >= 15 is 0 Å². The Morgan fingerprint density at radius 2 is 1.43 bits per heavy atom. The van der Waals surface area contributed by atoms with Gasteiger partial charge in [0.1, 0.15) is 0 Å². The Bertz CT molecular complexity index is 797. The van der Waals surface area contributed by atoms with Crippen molar-refractivity contribution < 1.29 is 13.2 Å². The minimum Gasteiger partial charge on any atom is -0.326 e. The monoisotopic (exact) mass is 404 g/mol. The fraction of sp³-hybridized carbons (Fsp3) is 0.409. The number of sulfonamides is 1. The summed E-state index contributed by atoms with van der Waals surface area (Å²) in [5.41, 5.74) is 1.52. The molecule has 0 atom stereocenters. The van der Waals surface area contributed by atoms with Gasteiger partial charge in [-0.15, -0.1) is 0 Å². The first kappa shape index (κ1) is 23.9. The van der Waals surface area contributed by atoms with Crippen LogP contribution in [0, 0.1) is 0 Å². The Morgan fingerprint density at radius 3 is 1.93 bits per heavy atom. The number of amides is 1. The van der Waals surface area contributed by atoms with Crippen LogP contribution in [0.3, 0.4) is 0 Å². The molecule has 0 saturated heterocycles. The van der Waals surface area contributed by atoms with E-state index in [1.54, 1.807) is 24.3 Å². The van der Waals surface area contributed by atoms with E-state index in [4.69, 9.17) is 0 Å². The van der Waals surface area contributed by atoms with Crippen molar-refractivity contribution in [2.75, 3.05) is 18.4 Å². The summed E-state index contributed by atoms with van der Waals surface area (Å²) in [6.07, 6.45) is 1.82. The van der Waals surface area contributed by atoms with Crippen molar-refractivity contribution >= 4 is 21.6 Å². The van der Waals surface area contributed by atoms with E-state index in [1.165, 1.54) is 4.31 Å². The molecule has 0 radical (unpaired) electrons. The first-order chi connectivity index (χ1) is 13.5. The van der Waals surface area contributed by atoms with Gasteiger partial charge in [-0.2, -0.15) is 4.31 Å². The Morgan fingerprint density at radius 1 is 0.893 bits per heavy atom. The third-order valence-corrected chi connectivity index (χ3v) is 5.84. The molecule has 5 nitrogen and oxygen atoms in total. The highest BCUT2D eigenvalue weighted by molar-refractivity contribution is 7.89. The third kappa shape index (κ3) is 7.09. The van der Waals surface area contributed by atoms with Crippen LogP contribution < -0.4 is 5.32 Å². The van der Waals surface area contributed by atoms with Crippen molar-refractivity contribution in [2.45, 2.75) is 51.9 Å². The molecule has 0 aliphatic carbocycles. The second-order valence-electron chi connectivity index (χ2n) is 6.14. The zero-order chi connectivity index (χ0) is 21.0. The van der Waals surface area contributed by atoms with E-state index in [1.807, 2.05) is 58.0 Å². The van der Waals surface area contributed by atoms with Crippen LogP contribution in [0.15, 0.2) is 59.5 Å². The number of benzene rings is 2. The molecule has 0 aliphatic heterocycles. The summed E-state index contributed by atoms with van der Waals surface area (Å²) in [7, 11) is -3.50.